The van der Waals surface area contributed by atoms with Crippen LogP contribution in [0.5, 0.6) is 0 Å². The van der Waals surface area contributed by atoms with E-state index in [-0.39, 0.29) is 6.42 Å². The summed E-state index contributed by atoms with van der Waals surface area (Å²) in [5, 5.41) is 8.43. The van der Waals surface area contributed by atoms with Gasteiger partial charge in [-0.25, -0.2) is 0 Å². The zero-order valence-electron chi connectivity index (χ0n) is 8.78. The summed E-state index contributed by atoms with van der Waals surface area (Å²) in [5.74, 6) is -0.0270. The molecule has 0 radical (unpaired) electrons. The molecule has 1 aliphatic rings. The van der Waals surface area contributed by atoms with Gasteiger partial charge in [-0.1, -0.05) is 12.2 Å². The first-order chi connectivity index (χ1) is 6.68. The molecule has 1 saturated heterocycles. The van der Waals surface area contributed by atoms with Crippen LogP contribution < -0.4 is 0 Å². The fraction of sp³-hybridized carbons (Fsp3) is 0.727. The molecular formula is C11H19NO2. The van der Waals surface area contributed by atoms with Crippen LogP contribution >= 0.6 is 0 Å². The molecule has 3 nitrogen and oxygen atoms in total. The largest absolute Gasteiger partial charge is 0.481 e. The first kappa shape index (κ1) is 11.2. The number of carboxylic acid groups (broad SMARTS) is 1. The van der Waals surface area contributed by atoms with Gasteiger partial charge in [0.15, 0.2) is 0 Å². The van der Waals surface area contributed by atoms with Gasteiger partial charge >= 0.3 is 5.97 Å². The van der Waals surface area contributed by atoms with Gasteiger partial charge in [0, 0.05) is 6.54 Å². The molecule has 1 aliphatic heterocycles. The molecule has 1 rings (SSSR count). The van der Waals surface area contributed by atoms with Crippen LogP contribution in [0.25, 0.3) is 0 Å². The molecule has 80 valence electrons. The summed E-state index contributed by atoms with van der Waals surface area (Å²) in [5.41, 5.74) is 0. The first-order valence-electron chi connectivity index (χ1n) is 5.24. The zero-order valence-corrected chi connectivity index (χ0v) is 8.78. The van der Waals surface area contributed by atoms with Crippen molar-refractivity contribution in [3.63, 3.8) is 0 Å². The van der Waals surface area contributed by atoms with Crippen LogP contribution in [0.1, 0.15) is 25.7 Å². The Hall–Kier alpha value is -0.830. The summed E-state index contributed by atoms with van der Waals surface area (Å²) in [6, 6.07) is 0. The van der Waals surface area contributed by atoms with E-state index < -0.39 is 5.97 Å². The Morgan fingerprint density at radius 1 is 1.57 bits per heavy atom. The number of aliphatic carboxylic acids is 1. The lowest BCUT2D eigenvalue weighted by atomic mass is 9.95. The maximum absolute atomic E-state index is 10.2. The van der Waals surface area contributed by atoms with E-state index >= 15 is 0 Å². The van der Waals surface area contributed by atoms with Gasteiger partial charge in [0.05, 0.1) is 6.42 Å². The molecule has 0 aromatic heterocycles. The quantitative estimate of drug-likeness (QED) is 0.698. The number of likely N-dealkylation sites (tertiary alicyclic amines) is 1. The van der Waals surface area contributed by atoms with E-state index in [1.807, 2.05) is 6.08 Å². The molecule has 1 heterocycles. The third kappa shape index (κ3) is 4.42. The Kier molecular flexibility index (Phi) is 4.66. The third-order valence-electron chi connectivity index (χ3n) is 2.65. The predicted octanol–water partition coefficient (Wildman–Crippen LogP) is 1.75. The van der Waals surface area contributed by atoms with Crippen molar-refractivity contribution in [1.29, 1.82) is 0 Å². The highest BCUT2D eigenvalue weighted by Gasteiger charge is 2.15. The van der Waals surface area contributed by atoms with Gasteiger partial charge < -0.3 is 10.0 Å². The second kappa shape index (κ2) is 5.81. The van der Waals surface area contributed by atoms with E-state index in [2.05, 4.69) is 11.9 Å². The van der Waals surface area contributed by atoms with E-state index in [4.69, 9.17) is 5.11 Å². The van der Waals surface area contributed by atoms with Crippen molar-refractivity contribution in [2.45, 2.75) is 25.7 Å². The minimum atomic E-state index is -0.748. The minimum Gasteiger partial charge on any atom is -0.481 e. The molecule has 1 atom stereocenters. The summed E-state index contributed by atoms with van der Waals surface area (Å²) in [6.45, 7) is 2.35. The van der Waals surface area contributed by atoms with Gasteiger partial charge in [-0.05, 0) is 38.8 Å². The maximum atomic E-state index is 10.2. The molecule has 0 spiro atoms. The Morgan fingerprint density at radius 3 is 3.00 bits per heavy atom. The van der Waals surface area contributed by atoms with E-state index in [0.29, 0.717) is 0 Å². The molecule has 0 bridgehead atoms. The molecule has 0 aromatic rings. The Labute approximate surface area is 85.4 Å². The van der Waals surface area contributed by atoms with Crippen molar-refractivity contribution in [2.75, 3.05) is 20.1 Å². The number of carboxylic acids is 1. The molecule has 14 heavy (non-hydrogen) atoms. The molecular weight excluding hydrogens is 178 g/mol. The van der Waals surface area contributed by atoms with Crippen molar-refractivity contribution < 1.29 is 9.90 Å². The van der Waals surface area contributed by atoms with Crippen LogP contribution in [-0.4, -0.2) is 36.1 Å². The Bertz CT molecular complexity index is 213. The van der Waals surface area contributed by atoms with E-state index in [1.54, 1.807) is 6.08 Å². The lowest BCUT2D eigenvalue weighted by Crippen LogP contribution is -2.31. The number of hydrogen-bond acceptors (Lipinski definition) is 2. The molecule has 1 N–H and O–H groups in total. The SMILES string of the molecule is CN1CCCC(C/C=C\CC(=O)O)C1. The normalized spacial score (nSPS) is 24.2. The van der Waals surface area contributed by atoms with Crippen LogP contribution in [0.15, 0.2) is 12.2 Å². The summed E-state index contributed by atoms with van der Waals surface area (Å²) < 4.78 is 0. The lowest BCUT2D eigenvalue weighted by molar-refractivity contribution is -0.136. The van der Waals surface area contributed by atoms with Gasteiger partial charge in [0.1, 0.15) is 0 Å². The van der Waals surface area contributed by atoms with Crippen LogP contribution in [0.3, 0.4) is 0 Å². The molecule has 3 heteroatoms. The van der Waals surface area contributed by atoms with E-state index in [9.17, 15) is 4.79 Å². The van der Waals surface area contributed by atoms with Crippen LogP contribution in [-0.2, 0) is 4.79 Å². The molecule has 1 fully saturated rings. The number of allylic oxidation sites excluding steroid dienone is 1. The fourth-order valence-electron chi connectivity index (χ4n) is 1.94. The smallest absolute Gasteiger partial charge is 0.307 e. The molecule has 0 aromatic carbocycles. The van der Waals surface area contributed by atoms with Gasteiger partial charge in [-0.3, -0.25) is 4.79 Å². The van der Waals surface area contributed by atoms with E-state index in [1.165, 1.54) is 19.4 Å². The van der Waals surface area contributed by atoms with Crippen LogP contribution in [0.4, 0.5) is 0 Å². The Morgan fingerprint density at radius 2 is 2.36 bits per heavy atom. The first-order valence-corrected chi connectivity index (χ1v) is 5.24. The monoisotopic (exact) mass is 197 g/mol. The summed E-state index contributed by atoms with van der Waals surface area (Å²) in [7, 11) is 2.15. The molecule has 0 aliphatic carbocycles. The van der Waals surface area contributed by atoms with Gasteiger partial charge in [-0.15, -0.1) is 0 Å². The number of hydrogen-bond donors (Lipinski definition) is 1. The number of carbonyl (C=O) groups is 1. The van der Waals surface area contributed by atoms with Crippen molar-refractivity contribution >= 4 is 5.97 Å². The highest BCUT2D eigenvalue weighted by atomic mass is 16.4. The topological polar surface area (TPSA) is 40.5 Å². The Balaban J connectivity index is 2.17. The maximum Gasteiger partial charge on any atom is 0.307 e. The van der Waals surface area contributed by atoms with Gasteiger partial charge in [-0.2, -0.15) is 0 Å². The molecule has 1 unspecified atom stereocenters. The third-order valence-corrected chi connectivity index (χ3v) is 2.65. The highest BCUT2D eigenvalue weighted by molar-refractivity contribution is 5.68. The number of piperidine rings is 1. The van der Waals surface area contributed by atoms with Crippen molar-refractivity contribution in [1.82, 2.24) is 4.90 Å². The lowest BCUT2D eigenvalue weighted by Gasteiger charge is -2.28. The average molecular weight is 197 g/mol. The van der Waals surface area contributed by atoms with Gasteiger partial charge in [0.25, 0.3) is 0 Å². The van der Waals surface area contributed by atoms with Crippen LogP contribution in [0, 0.1) is 5.92 Å². The molecule has 0 saturated carbocycles. The highest BCUT2D eigenvalue weighted by Crippen LogP contribution is 2.18. The standard InChI is InChI=1S/C11H19NO2/c1-12-8-4-6-10(9-12)5-2-3-7-11(13)14/h2-3,10H,4-9H2,1H3,(H,13,14)/b3-2-. The second-order valence-electron chi connectivity index (χ2n) is 4.08. The van der Waals surface area contributed by atoms with E-state index in [0.717, 1.165) is 18.9 Å². The van der Waals surface area contributed by atoms with Crippen molar-refractivity contribution in [3.8, 4) is 0 Å². The average Bonchev–Trinajstić information content (AvgIpc) is 2.12. The summed E-state index contributed by atoms with van der Waals surface area (Å²) in [4.78, 5) is 12.6. The minimum absolute atomic E-state index is 0.155. The number of nitrogens with zero attached hydrogens (tertiary/aromatic N) is 1. The second-order valence-corrected chi connectivity index (χ2v) is 4.08. The van der Waals surface area contributed by atoms with Crippen molar-refractivity contribution in [2.24, 2.45) is 5.92 Å². The molecule has 0 amide bonds. The summed E-state index contributed by atoms with van der Waals surface area (Å²) >= 11 is 0. The fourth-order valence-corrected chi connectivity index (χ4v) is 1.94. The van der Waals surface area contributed by atoms with Crippen LogP contribution in [0.2, 0.25) is 0 Å². The predicted molar refractivity (Wildman–Crippen MR) is 56.2 cm³/mol. The zero-order chi connectivity index (χ0) is 10.4. The summed E-state index contributed by atoms with van der Waals surface area (Å²) in [6.07, 6.45) is 7.50. The van der Waals surface area contributed by atoms with Gasteiger partial charge in [0.2, 0.25) is 0 Å². The number of rotatable bonds is 4. The van der Waals surface area contributed by atoms with Crippen molar-refractivity contribution in [3.05, 3.63) is 12.2 Å².